The summed E-state index contributed by atoms with van der Waals surface area (Å²) in [6, 6.07) is 15.4. The lowest BCUT2D eigenvalue weighted by Gasteiger charge is -2.08. The van der Waals surface area contributed by atoms with Gasteiger partial charge in [-0.05, 0) is 35.2 Å². The van der Waals surface area contributed by atoms with Gasteiger partial charge in [-0.15, -0.1) is 0 Å². The van der Waals surface area contributed by atoms with Crippen LogP contribution >= 0.6 is 0 Å². The molecule has 4 nitrogen and oxygen atoms in total. The van der Waals surface area contributed by atoms with E-state index in [0.29, 0.717) is 23.9 Å². The molecule has 3 aromatic rings. The van der Waals surface area contributed by atoms with Crippen LogP contribution < -0.4 is 4.74 Å². The van der Waals surface area contributed by atoms with Gasteiger partial charge < -0.3 is 14.3 Å². The second kappa shape index (κ2) is 6.79. The van der Waals surface area contributed by atoms with Gasteiger partial charge in [-0.1, -0.05) is 38.1 Å². The lowest BCUT2D eigenvalue weighted by molar-refractivity contribution is 0.0665. The molecule has 0 aliphatic carbocycles. The van der Waals surface area contributed by atoms with Crippen molar-refractivity contribution in [2.24, 2.45) is 0 Å². The van der Waals surface area contributed by atoms with E-state index in [1.54, 1.807) is 12.1 Å². The highest BCUT2D eigenvalue weighted by Crippen LogP contribution is 2.24. The predicted octanol–water partition coefficient (Wildman–Crippen LogP) is 4.88. The Morgan fingerprint density at radius 3 is 2.54 bits per heavy atom. The Morgan fingerprint density at radius 2 is 1.88 bits per heavy atom. The topological polar surface area (TPSA) is 59.7 Å². The minimum Gasteiger partial charge on any atom is -0.493 e. The second-order valence-corrected chi connectivity index (χ2v) is 6.11. The first-order chi connectivity index (χ1) is 11.5. The lowest BCUT2D eigenvalue weighted by Crippen LogP contribution is -2.01. The van der Waals surface area contributed by atoms with E-state index in [0.717, 1.165) is 11.8 Å². The number of fused-ring (bicyclic) bond motifs is 1. The van der Waals surface area contributed by atoms with Crippen molar-refractivity contribution < 1.29 is 19.1 Å². The van der Waals surface area contributed by atoms with Gasteiger partial charge in [0.2, 0.25) is 5.76 Å². The van der Waals surface area contributed by atoms with Crippen LogP contribution in [0, 0.1) is 0 Å². The van der Waals surface area contributed by atoms with Gasteiger partial charge in [-0.3, -0.25) is 0 Å². The van der Waals surface area contributed by atoms with Crippen molar-refractivity contribution >= 4 is 16.9 Å². The molecule has 0 radical (unpaired) electrons. The average molecular weight is 324 g/mol. The summed E-state index contributed by atoms with van der Waals surface area (Å²) >= 11 is 0. The van der Waals surface area contributed by atoms with Crippen molar-refractivity contribution in [3.8, 4) is 5.75 Å². The molecular weight excluding hydrogens is 304 g/mol. The molecule has 1 N–H and O–H groups in total. The van der Waals surface area contributed by atoms with Gasteiger partial charge in [-0.25, -0.2) is 4.79 Å². The Morgan fingerprint density at radius 1 is 1.12 bits per heavy atom. The molecular formula is C20H20O4. The fourth-order valence-electron chi connectivity index (χ4n) is 2.56. The van der Waals surface area contributed by atoms with E-state index >= 15 is 0 Å². The molecule has 0 aliphatic heterocycles. The van der Waals surface area contributed by atoms with Crippen LogP contribution in [0.4, 0.5) is 0 Å². The number of carbonyl (C=O) groups is 1. The maximum Gasteiger partial charge on any atom is 0.371 e. The summed E-state index contributed by atoms with van der Waals surface area (Å²) in [5.41, 5.74) is 3.08. The van der Waals surface area contributed by atoms with E-state index in [1.165, 1.54) is 17.2 Å². The number of aromatic carboxylic acids is 1. The number of carboxylic acids is 1. The molecule has 0 aliphatic rings. The normalized spacial score (nSPS) is 11.1. The van der Waals surface area contributed by atoms with Crippen LogP contribution in [-0.2, 0) is 6.42 Å². The van der Waals surface area contributed by atoms with Gasteiger partial charge in [0.25, 0.3) is 0 Å². The van der Waals surface area contributed by atoms with E-state index in [4.69, 9.17) is 14.3 Å². The minimum absolute atomic E-state index is 0.0626. The van der Waals surface area contributed by atoms with Crippen molar-refractivity contribution in [2.45, 2.75) is 26.2 Å². The van der Waals surface area contributed by atoms with E-state index in [9.17, 15) is 4.79 Å². The summed E-state index contributed by atoms with van der Waals surface area (Å²) < 4.78 is 11.0. The number of ether oxygens (including phenoxy) is 1. The molecule has 0 amide bonds. The quantitative estimate of drug-likeness (QED) is 0.702. The third-order valence-electron chi connectivity index (χ3n) is 4.01. The highest BCUT2D eigenvalue weighted by Gasteiger charge is 2.10. The Balaban J connectivity index is 1.62. The van der Waals surface area contributed by atoms with Crippen LogP contribution in [0.5, 0.6) is 5.75 Å². The molecule has 0 fully saturated rings. The number of hydrogen-bond acceptors (Lipinski definition) is 3. The summed E-state index contributed by atoms with van der Waals surface area (Å²) in [6.45, 7) is 4.91. The fourth-order valence-corrected chi connectivity index (χ4v) is 2.56. The summed E-state index contributed by atoms with van der Waals surface area (Å²) in [5, 5.41) is 9.71. The van der Waals surface area contributed by atoms with Gasteiger partial charge in [0, 0.05) is 17.9 Å². The summed E-state index contributed by atoms with van der Waals surface area (Å²) in [4.78, 5) is 10.9. The summed E-state index contributed by atoms with van der Waals surface area (Å²) in [6.07, 6.45) is 0.814. The van der Waals surface area contributed by atoms with Crippen molar-refractivity contribution in [3.63, 3.8) is 0 Å². The van der Waals surface area contributed by atoms with Crippen LogP contribution in [0.25, 0.3) is 11.0 Å². The zero-order valence-corrected chi connectivity index (χ0v) is 13.8. The maximum absolute atomic E-state index is 10.9. The van der Waals surface area contributed by atoms with Gasteiger partial charge in [0.05, 0.1) is 6.61 Å². The predicted molar refractivity (Wildman–Crippen MR) is 92.9 cm³/mol. The van der Waals surface area contributed by atoms with Gasteiger partial charge in [0.15, 0.2) is 0 Å². The smallest absolute Gasteiger partial charge is 0.371 e. The fraction of sp³-hybridized carbons (Fsp3) is 0.250. The third kappa shape index (κ3) is 3.59. The monoisotopic (exact) mass is 324 g/mol. The van der Waals surface area contributed by atoms with Gasteiger partial charge in [-0.2, -0.15) is 0 Å². The molecule has 3 rings (SSSR count). The highest BCUT2D eigenvalue weighted by atomic mass is 16.5. The van der Waals surface area contributed by atoms with Gasteiger partial charge in [0.1, 0.15) is 11.3 Å². The number of benzene rings is 2. The van der Waals surface area contributed by atoms with E-state index in [1.807, 2.05) is 6.07 Å². The number of furan rings is 1. The molecule has 0 spiro atoms. The molecule has 0 saturated carbocycles. The largest absolute Gasteiger partial charge is 0.493 e. The van der Waals surface area contributed by atoms with Crippen molar-refractivity contribution in [1.82, 2.24) is 0 Å². The lowest BCUT2D eigenvalue weighted by atomic mass is 10.0. The SMILES string of the molecule is CC(C)c1ccc(CCOc2ccc3cc(C(=O)O)oc3c2)cc1. The molecule has 0 saturated heterocycles. The van der Waals surface area contributed by atoms with Crippen LogP contribution in [0.1, 0.15) is 41.4 Å². The molecule has 0 unspecified atom stereocenters. The summed E-state index contributed by atoms with van der Waals surface area (Å²) in [7, 11) is 0. The maximum atomic E-state index is 10.9. The van der Waals surface area contributed by atoms with Crippen LogP contribution in [0.15, 0.2) is 52.9 Å². The average Bonchev–Trinajstić information content (AvgIpc) is 2.99. The molecule has 1 heterocycles. The third-order valence-corrected chi connectivity index (χ3v) is 4.01. The number of rotatable bonds is 6. The molecule has 2 aromatic carbocycles. The van der Waals surface area contributed by atoms with Crippen LogP contribution in [0.3, 0.4) is 0 Å². The van der Waals surface area contributed by atoms with E-state index < -0.39 is 5.97 Å². The van der Waals surface area contributed by atoms with Crippen molar-refractivity contribution in [3.05, 3.63) is 65.4 Å². The van der Waals surface area contributed by atoms with E-state index in [-0.39, 0.29) is 5.76 Å². The Labute approximate surface area is 140 Å². The number of hydrogen-bond donors (Lipinski definition) is 1. The highest BCUT2D eigenvalue weighted by molar-refractivity contribution is 5.91. The summed E-state index contributed by atoms with van der Waals surface area (Å²) in [5.74, 6) is 0.0736. The zero-order valence-electron chi connectivity index (χ0n) is 13.8. The van der Waals surface area contributed by atoms with Crippen molar-refractivity contribution in [1.29, 1.82) is 0 Å². The first-order valence-corrected chi connectivity index (χ1v) is 8.01. The number of carboxylic acid groups (broad SMARTS) is 1. The molecule has 0 atom stereocenters. The Hall–Kier alpha value is -2.75. The Bertz CT molecular complexity index is 844. The molecule has 1 aromatic heterocycles. The molecule has 4 heteroatoms. The van der Waals surface area contributed by atoms with Crippen LogP contribution in [-0.4, -0.2) is 17.7 Å². The molecule has 0 bridgehead atoms. The Kier molecular flexibility index (Phi) is 4.56. The van der Waals surface area contributed by atoms with E-state index in [2.05, 4.69) is 38.1 Å². The first-order valence-electron chi connectivity index (χ1n) is 8.01. The van der Waals surface area contributed by atoms with Crippen LogP contribution in [0.2, 0.25) is 0 Å². The molecule has 124 valence electrons. The zero-order chi connectivity index (χ0) is 17.1. The van der Waals surface area contributed by atoms with Crippen molar-refractivity contribution in [2.75, 3.05) is 6.61 Å². The first kappa shape index (κ1) is 16.1. The minimum atomic E-state index is -1.07. The van der Waals surface area contributed by atoms with Gasteiger partial charge >= 0.3 is 5.97 Å². The molecule has 24 heavy (non-hydrogen) atoms. The standard InChI is InChI=1S/C20H20O4/c1-13(2)15-5-3-14(4-6-15)9-10-23-17-8-7-16-11-19(20(21)22)24-18(16)12-17/h3-8,11-13H,9-10H2,1-2H3,(H,21,22). The second-order valence-electron chi connectivity index (χ2n) is 6.11.